The Labute approximate surface area is 169 Å². The van der Waals surface area contributed by atoms with Crippen molar-refractivity contribution in [1.29, 1.82) is 0 Å². The summed E-state index contributed by atoms with van der Waals surface area (Å²) in [5.74, 6) is -0.269. The number of hydrogen-bond acceptors (Lipinski definition) is 6. The van der Waals surface area contributed by atoms with Crippen LogP contribution in [0.2, 0.25) is 0 Å². The largest absolute Gasteiger partial charge is 0.481 e. The van der Waals surface area contributed by atoms with E-state index in [0.29, 0.717) is 24.9 Å². The Kier molecular flexibility index (Phi) is 15.0. The van der Waals surface area contributed by atoms with Gasteiger partial charge < -0.3 is 24.4 Å². The molecule has 3 atom stereocenters. The number of carbonyl (C=O) groups excluding carboxylic acids is 1. The standard InChI is InChI=1S/C12H22O4.C9H18O3/c1-9(2)7-10(8-11(13)14)16-12-5-3-4-6-15-12;1-4-12-9(11)6-8(10)5-7(2)3/h9-10,12H,3-8H2,1-2H3,(H,13,14);7-8,10H,4-6H2,1-3H3. The molecule has 1 rings (SSSR count). The number of carboxylic acid groups (broad SMARTS) is 1. The van der Waals surface area contributed by atoms with Crippen molar-refractivity contribution < 1.29 is 34.0 Å². The molecule has 0 aliphatic carbocycles. The van der Waals surface area contributed by atoms with E-state index in [1.165, 1.54) is 0 Å². The molecule has 1 fully saturated rings. The van der Waals surface area contributed by atoms with Gasteiger partial charge in [-0.1, -0.05) is 27.7 Å². The van der Waals surface area contributed by atoms with E-state index >= 15 is 0 Å². The van der Waals surface area contributed by atoms with E-state index in [2.05, 4.69) is 13.8 Å². The zero-order valence-corrected chi connectivity index (χ0v) is 18.2. The minimum absolute atomic E-state index is 0.0675. The fourth-order valence-electron chi connectivity index (χ4n) is 2.98. The van der Waals surface area contributed by atoms with Gasteiger partial charge in [0.15, 0.2) is 6.29 Å². The molecule has 0 radical (unpaired) electrons. The summed E-state index contributed by atoms with van der Waals surface area (Å²) in [5, 5.41) is 18.1. The van der Waals surface area contributed by atoms with E-state index < -0.39 is 12.1 Å². The summed E-state index contributed by atoms with van der Waals surface area (Å²) < 4.78 is 15.9. The third-order valence-electron chi connectivity index (χ3n) is 4.07. The predicted octanol–water partition coefficient (Wildman–Crippen LogP) is 3.77. The Hall–Kier alpha value is -1.18. The molecule has 1 saturated heterocycles. The van der Waals surface area contributed by atoms with Crippen LogP contribution in [0.4, 0.5) is 0 Å². The van der Waals surface area contributed by atoms with Crippen molar-refractivity contribution in [3.8, 4) is 0 Å². The topological polar surface area (TPSA) is 102 Å². The first-order chi connectivity index (χ1) is 13.1. The second-order valence-electron chi connectivity index (χ2n) is 8.07. The Balaban J connectivity index is 0.000000546. The lowest BCUT2D eigenvalue weighted by molar-refractivity contribution is -0.194. The van der Waals surface area contributed by atoms with Crippen LogP contribution < -0.4 is 0 Å². The van der Waals surface area contributed by atoms with Gasteiger partial charge in [0.2, 0.25) is 0 Å². The van der Waals surface area contributed by atoms with Gasteiger partial charge >= 0.3 is 11.9 Å². The highest BCUT2D eigenvalue weighted by Gasteiger charge is 2.22. The summed E-state index contributed by atoms with van der Waals surface area (Å²) in [7, 11) is 0. The summed E-state index contributed by atoms with van der Waals surface area (Å²) in [6.07, 6.45) is 3.70. The number of aliphatic hydroxyl groups excluding tert-OH is 1. The number of carboxylic acids is 1. The van der Waals surface area contributed by atoms with Gasteiger partial charge in [-0.2, -0.15) is 0 Å². The van der Waals surface area contributed by atoms with Crippen LogP contribution in [0, 0.1) is 11.8 Å². The summed E-state index contributed by atoms with van der Waals surface area (Å²) >= 11 is 0. The molecule has 166 valence electrons. The summed E-state index contributed by atoms with van der Waals surface area (Å²) in [6.45, 7) is 11.0. The molecule has 0 spiro atoms. The Morgan fingerprint density at radius 3 is 2.18 bits per heavy atom. The van der Waals surface area contributed by atoms with Crippen molar-refractivity contribution in [2.75, 3.05) is 13.2 Å². The highest BCUT2D eigenvalue weighted by atomic mass is 16.7. The van der Waals surface area contributed by atoms with Crippen LogP contribution >= 0.6 is 0 Å². The fraction of sp³-hybridized carbons (Fsp3) is 0.905. The van der Waals surface area contributed by atoms with Gasteiger partial charge in [0, 0.05) is 6.61 Å². The van der Waals surface area contributed by atoms with E-state index in [9.17, 15) is 14.7 Å². The third kappa shape index (κ3) is 15.8. The smallest absolute Gasteiger partial charge is 0.308 e. The van der Waals surface area contributed by atoms with Crippen molar-refractivity contribution in [2.45, 2.75) is 98.1 Å². The Morgan fingerprint density at radius 1 is 1.07 bits per heavy atom. The predicted molar refractivity (Wildman–Crippen MR) is 107 cm³/mol. The summed E-state index contributed by atoms with van der Waals surface area (Å²) in [5.41, 5.74) is 0. The minimum atomic E-state index is -0.804. The number of esters is 1. The van der Waals surface area contributed by atoms with Gasteiger partial charge in [0.1, 0.15) is 0 Å². The molecule has 28 heavy (non-hydrogen) atoms. The van der Waals surface area contributed by atoms with Crippen LogP contribution in [0.5, 0.6) is 0 Å². The molecular formula is C21H40O7. The molecule has 0 aromatic heterocycles. The highest BCUT2D eigenvalue weighted by Crippen LogP contribution is 2.20. The normalized spacial score (nSPS) is 18.9. The summed E-state index contributed by atoms with van der Waals surface area (Å²) in [4.78, 5) is 21.6. The van der Waals surface area contributed by atoms with Crippen molar-refractivity contribution in [2.24, 2.45) is 11.8 Å². The average Bonchev–Trinajstić information content (AvgIpc) is 2.54. The highest BCUT2D eigenvalue weighted by molar-refractivity contribution is 5.69. The molecule has 7 nitrogen and oxygen atoms in total. The molecule has 1 aliphatic rings. The SMILES string of the molecule is CC(C)CC(CC(=O)O)OC1CCCCO1.CCOC(=O)CC(O)CC(C)C. The molecule has 0 aromatic carbocycles. The first kappa shape index (κ1) is 26.8. The van der Waals surface area contributed by atoms with Crippen LogP contribution in [-0.4, -0.2) is 53.9 Å². The van der Waals surface area contributed by atoms with E-state index in [-0.39, 0.29) is 31.2 Å². The third-order valence-corrected chi connectivity index (χ3v) is 4.07. The van der Waals surface area contributed by atoms with E-state index in [0.717, 1.165) is 32.3 Å². The monoisotopic (exact) mass is 404 g/mol. The lowest BCUT2D eigenvalue weighted by Gasteiger charge is -2.27. The fourth-order valence-corrected chi connectivity index (χ4v) is 2.98. The number of hydrogen-bond donors (Lipinski definition) is 2. The maximum absolute atomic E-state index is 10.9. The zero-order chi connectivity index (χ0) is 21.5. The number of carbonyl (C=O) groups is 2. The van der Waals surface area contributed by atoms with Crippen LogP contribution in [0.25, 0.3) is 0 Å². The first-order valence-electron chi connectivity index (χ1n) is 10.5. The number of rotatable bonds is 11. The van der Waals surface area contributed by atoms with Gasteiger partial charge in [-0.15, -0.1) is 0 Å². The molecule has 3 unspecified atom stereocenters. The second kappa shape index (κ2) is 15.7. The zero-order valence-electron chi connectivity index (χ0n) is 18.2. The molecule has 0 amide bonds. The number of ether oxygens (including phenoxy) is 3. The molecule has 0 saturated carbocycles. The number of aliphatic hydroxyl groups is 1. The molecule has 2 N–H and O–H groups in total. The van der Waals surface area contributed by atoms with Gasteiger partial charge in [0.25, 0.3) is 0 Å². The Morgan fingerprint density at radius 2 is 1.71 bits per heavy atom. The van der Waals surface area contributed by atoms with Crippen molar-refractivity contribution in [3.63, 3.8) is 0 Å². The van der Waals surface area contributed by atoms with Crippen LogP contribution in [0.1, 0.15) is 79.6 Å². The molecular weight excluding hydrogens is 364 g/mol. The molecule has 1 aliphatic heterocycles. The van der Waals surface area contributed by atoms with E-state index in [1.54, 1.807) is 6.92 Å². The van der Waals surface area contributed by atoms with Gasteiger partial charge in [-0.3, -0.25) is 9.59 Å². The second-order valence-corrected chi connectivity index (χ2v) is 8.07. The molecule has 0 aromatic rings. The van der Waals surface area contributed by atoms with Gasteiger partial charge in [0.05, 0.1) is 31.7 Å². The lowest BCUT2D eigenvalue weighted by Crippen LogP contribution is -2.30. The first-order valence-corrected chi connectivity index (χ1v) is 10.5. The molecule has 7 heteroatoms. The maximum atomic E-state index is 10.9. The van der Waals surface area contributed by atoms with Crippen molar-refractivity contribution in [3.05, 3.63) is 0 Å². The van der Waals surface area contributed by atoms with Crippen molar-refractivity contribution in [1.82, 2.24) is 0 Å². The van der Waals surface area contributed by atoms with Crippen LogP contribution in [-0.2, 0) is 23.8 Å². The number of aliphatic carboxylic acids is 1. The van der Waals surface area contributed by atoms with E-state index in [4.69, 9.17) is 19.3 Å². The molecule has 0 bridgehead atoms. The van der Waals surface area contributed by atoms with Crippen LogP contribution in [0.15, 0.2) is 0 Å². The van der Waals surface area contributed by atoms with Crippen molar-refractivity contribution >= 4 is 11.9 Å². The Bertz CT molecular complexity index is 417. The van der Waals surface area contributed by atoms with Crippen LogP contribution in [0.3, 0.4) is 0 Å². The average molecular weight is 405 g/mol. The van der Waals surface area contributed by atoms with E-state index in [1.807, 2.05) is 13.8 Å². The van der Waals surface area contributed by atoms with Gasteiger partial charge in [-0.25, -0.2) is 0 Å². The van der Waals surface area contributed by atoms with Gasteiger partial charge in [-0.05, 0) is 50.9 Å². The maximum Gasteiger partial charge on any atom is 0.308 e. The molecule has 1 heterocycles. The minimum Gasteiger partial charge on any atom is -0.481 e. The quantitative estimate of drug-likeness (QED) is 0.505. The lowest BCUT2D eigenvalue weighted by atomic mass is 10.0. The summed E-state index contributed by atoms with van der Waals surface area (Å²) in [6, 6.07) is 0.